The summed E-state index contributed by atoms with van der Waals surface area (Å²) < 4.78 is 0. The molecule has 1 fully saturated rings. The van der Waals surface area contributed by atoms with Gasteiger partial charge < -0.3 is 4.90 Å². The van der Waals surface area contributed by atoms with Gasteiger partial charge in [0.2, 0.25) is 5.91 Å². The maximum absolute atomic E-state index is 11.7. The molecule has 0 aromatic heterocycles. The summed E-state index contributed by atoms with van der Waals surface area (Å²) in [6.45, 7) is 2.10. The average Bonchev–Trinajstić information content (AvgIpc) is 2.62. The zero-order valence-corrected chi connectivity index (χ0v) is 9.35. The Morgan fingerprint density at radius 3 is 2.69 bits per heavy atom. The minimum Gasteiger partial charge on any atom is -0.328 e. The molecule has 0 N–H and O–H groups in total. The highest BCUT2D eigenvalue weighted by Gasteiger charge is 2.33. The SMILES string of the molecule is CC(=O)[C@@H]1CCC(=O)N1Cc1ccccc1. The summed E-state index contributed by atoms with van der Waals surface area (Å²) in [7, 11) is 0. The van der Waals surface area contributed by atoms with E-state index in [-0.39, 0.29) is 17.7 Å². The molecule has 84 valence electrons. The molecule has 1 aliphatic heterocycles. The first-order valence-corrected chi connectivity index (χ1v) is 5.52. The molecular formula is C13H15NO2. The van der Waals surface area contributed by atoms with Gasteiger partial charge in [-0.25, -0.2) is 0 Å². The van der Waals surface area contributed by atoms with Crippen LogP contribution in [0.3, 0.4) is 0 Å². The standard InChI is InChI=1S/C13H15NO2/c1-10(15)12-7-8-13(16)14(12)9-11-5-3-2-4-6-11/h2-6,12H,7-9H2,1H3/t12-/m0/s1. The third kappa shape index (κ3) is 2.13. The number of rotatable bonds is 3. The highest BCUT2D eigenvalue weighted by molar-refractivity contribution is 5.90. The molecule has 0 spiro atoms. The van der Waals surface area contributed by atoms with E-state index < -0.39 is 0 Å². The lowest BCUT2D eigenvalue weighted by molar-refractivity contribution is -0.134. The Morgan fingerprint density at radius 1 is 1.38 bits per heavy atom. The largest absolute Gasteiger partial charge is 0.328 e. The fourth-order valence-electron chi connectivity index (χ4n) is 2.13. The molecule has 3 heteroatoms. The Kier molecular flexibility index (Phi) is 3.04. The molecule has 0 bridgehead atoms. The number of carbonyl (C=O) groups is 2. The highest BCUT2D eigenvalue weighted by Crippen LogP contribution is 2.21. The van der Waals surface area contributed by atoms with Crippen molar-refractivity contribution in [3.8, 4) is 0 Å². The van der Waals surface area contributed by atoms with E-state index in [0.29, 0.717) is 19.4 Å². The van der Waals surface area contributed by atoms with Crippen molar-refractivity contribution in [1.82, 2.24) is 4.90 Å². The summed E-state index contributed by atoms with van der Waals surface area (Å²) >= 11 is 0. The van der Waals surface area contributed by atoms with E-state index in [9.17, 15) is 9.59 Å². The third-order valence-corrected chi connectivity index (χ3v) is 2.99. The molecule has 2 rings (SSSR count). The molecule has 1 heterocycles. The number of hydrogen-bond acceptors (Lipinski definition) is 2. The number of Topliss-reactive ketones (excluding diaryl/α,β-unsaturated/α-hetero) is 1. The first-order chi connectivity index (χ1) is 7.68. The lowest BCUT2D eigenvalue weighted by Crippen LogP contribution is -2.36. The van der Waals surface area contributed by atoms with E-state index in [1.54, 1.807) is 11.8 Å². The van der Waals surface area contributed by atoms with Crippen molar-refractivity contribution in [3.05, 3.63) is 35.9 Å². The molecule has 0 unspecified atom stereocenters. The van der Waals surface area contributed by atoms with Crippen molar-refractivity contribution < 1.29 is 9.59 Å². The zero-order chi connectivity index (χ0) is 11.5. The molecule has 1 aromatic carbocycles. The van der Waals surface area contributed by atoms with Crippen LogP contribution in [0.25, 0.3) is 0 Å². The monoisotopic (exact) mass is 217 g/mol. The summed E-state index contributed by atoms with van der Waals surface area (Å²) in [5, 5.41) is 0. The number of benzene rings is 1. The normalized spacial score (nSPS) is 20.2. The van der Waals surface area contributed by atoms with Crippen LogP contribution >= 0.6 is 0 Å². The van der Waals surface area contributed by atoms with Gasteiger partial charge in [-0.1, -0.05) is 30.3 Å². The molecule has 1 amide bonds. The number of nitrogens with zero attached hydrogens (tertiary/aromatic N) is 1. The molecule has 0 radical (unpaired) electrons. The van der Waals surface area contributed by atoms with E-state index in [1.807, 2.05) is 30.3 Å². The van der Waals surface area contributed by atoms with Crippen molar-refractivity contribution in [2.45, 2.75) is 32.4 Å². The number of ketones is 1. The van der Waals surface area contributed by atoms with Crippen LogP contribution in [0.15, 0.2) is 30.3 Å². The van der Waals surface area contributed by atoms with Crippen LogP contribution in [-0.2, 0) is 16.1 Å². The summed E-state index contributed by atoms with van der Waals surface area (Å²) in [6.07, 6.45) is 1.16. The van der Waals surface area contributed by atoms with Gasteiger partial charge in [0, 0.05) is 13.0 Å². The molecule has 1 saturated heterocycles. The van der Waals surface area contributed by atoms with E-state index in [1.165, 1.54) is 0 Å². The van der Waals surface area contributed by atoms with E-state index in [0.717, 1.165) is 5.56 Å². The molecule has 16 heavy (non-hydrogen) atoms. The van der Waals surface area contributed by atoms with Gasteiger partial charge in [0.25, 0.3) is 0 Å². The van der Waals surface area contributed by atoms with Crippen molar-refractivity contribution in [3.63, 3.8) is 0 Å². The Bertz CT molecular complexity index is 400. The van der Waals surface area contributed by atoms with Crippen LogP contribution < -0.4 is 0 Å². The highest BCUT2D eigenvalue weighted by atomic mass is 16.2. The van der Waals surface area contributed by atoms with Crippen LogP contribution in [0, 0.1) is 0 Å². The summed E-state index contributed by atoms with van der Waals surface area (Å²) in [5.74, 6) is 0.172. The zero-order valence-electron chi connectivity index (χ0n) is 9.35. The van der Waals surface area contributed by atoms with Gasteiger partial charge in [0.1, 0.15) is 0 Å². The van der Waals surface area contributed by atoms with Crippen molar-refractivity contribution in [2.75, 3.05) is 0 Å². The quantitative estimate of drug-likeness (QED) is 0.773. The van der Waals surface area contributed by atoms with Gasteiger partial charge in [-0.3, -0.25) is 9.59 Å². The second-order valence-electron chi connectivity index (χ2n) is 4.17. The minimum atomic E-state index is -0.215. The van der Waals surface area contributed by atoms with E-state index in [2.05, 4.69) is 0 Å². The number of carbonyl (C=O) groups excluding carboxylic acids is 2. The van der Waals surface area contributed by atoms with Crippen LogP contribution in [0.5, 0.6) is 0 Å². The van der Waals surface area contributed by atoms with Crippen LogP contribution in [-0.4, -0.2) is 22.6 Å². The molecule has 1 aliphatic rings. The average molecular weight is 217 g/mol. The van der Waals surface area contributed by atoms with Gasteiger partial charge in [-0.2, -0.15) is 0 Å². The third-order valence-electron chi connectivity index (χ3n) is 2.99. The second kappa shape index (κ2) is 4.47. The Morgan fingerprint density at radius 2 is 2.06 bits per heavy atom. The second-order valence-corrected chi connectivity index (χ2v) is 4.17. The molecule has 3 nitrogen and oxygen atoms in total. The minimum absolute atomic E-state index is 0.0850. The number of likely N-dealkylation sites (tertiary alicyclic amines) is 1. The topological polar surface area (TPSA) is 37.4 Å². The van der Waals surface area contributed by atoms with Gasteiger partial charge in [-0.15, -0.1) is 0 Å². The maximum atomic E-state index is 11.7. The van der Waals surface area contributed by atoms with Crippen molar-refractivity contribution in [2.24, 2.45) is 0 Å². The molecule has 1 atom stereocenters. The predicted molar refractivity (Wildman–Crippen MR) is 60.7 cm³/mol. The van der Waals surface area contributed by atoms with Gasteiger partial charge in [0.05, 0.1) is 6.04 Å². The number of amides is 1. The predicted octanol–water partition coefficient (Wildman–Crippen LogP) is 1.77. The maximum Gasteiger partial charge on any atom is 0.223 e. The molecule has 0 aliphatic carbocycles. The Labute approximate surface area is 95.1 Å². The first-order valence-electron chi connectivity index (χ1n) is 5.52. The lowest BCUT2D eigenvalue weighted by atomic mass is 10.1. The van der Waals surface area contributed by atoms with Crippen LogP contribution in [0.2, 0.25) is 0 Å². The smallest absolute Gasteiger partial charge is 0.223 e. The summed E-state index contributed by atoms with van der Waals surface area (Å²) in [5.41, 5.74) is 1.07. The van der Waals surface area contributed by atoms with E-state index in [4.69, 9.17) is 0 Å². The fourth-order valence-corrected chi connectivity index (χ4v) is 2.13. The van der Waals surface area contributed by atoms with E-state index >= 15 is 0 Å². The number of hydrogen-bond donors (Lipinski definition) is 0. The first kappa shape index (κ1) is 10.9. The van der Waals surface area contributed by atoms with Crippen LogP contribution in [0.4, 0.5) is 0 Å². The summed E-state index contributed by atoms with van der Waals surface area (Å²) in [6, 6.07) is 9.56. The lowest BCUT2D eigenvalue weighted by Gasteiger charge is -2.22. The Balaban J connectivity index is 2.13. The molecule has 1 aromatic rings. The molecular weight excluding hydrogens is 202 g/mol. The van der Waals surface area contributed by atoms with Crippen molar-refractivity contribution in [1.29, 1.82) is 0 Å². The summed E-state index contributed by atoms with van der Waals surface area (Å²) in [4.78, 5) is 24.8. The van der Waals surface area contributed by atoms with Gasteiger partial charge >= 0.3 is 0 Å². The van der Waals surface area contributed by atoms with Gasteiger partial charge in [-0.05, 0) is 18.9 Å². The Hall–Kier alpha value is -1.64. The fraction of sp³-hybridized carbons (Fsp3) is 0.385. The van der Waals surface area contributed by atoms with Crippen LogP contribution in [0.1, 0.15) is 25.3 Å². The van der Waals surface area contributed by atoms with Gasteiger partial charge in [0.15, 0.2) is 5.78 Å². The molecule has 0 saturated carbocycles. The van der Waals surface area contributed by atoms with Crippen molar-refractivity contribution >= 4 is 11.7 Å².